The first kappa shape index (κ1) is 19.4. The molecule has 0 aliphatic carbocycles. The molecule has 0 amide bonds. The van der Waals surface area contributed by atoms with E-state index in [2.05, 4.69) is 21.5 Å². The number of carbonyl (C=O) groups is 1. The van der Waals surface area contributed by atoms with Crippen LogP contribution in [0.15, 0.2) is 55.0 Å². The number of ketones is 1. The van der Waals surface area contributed by atoms with E-state index in [9.17, 15) is 4.79 Å². The summed E-state index contributed by atoms with van der Waals surface area (Å²) < 4.78 is 9.59. The molecule has 8 heteroatoms. The Morgan fingerprint density at radius 2 is 2.10 bits per heavy atom. The number of hydrogen-bond donors (Lipinski definition) is 0. The summed E-state index contributed by atoms with van der Waals surface area (Å²) in [7, 11) is 3.76. The van der Waals surface area contributed by atoms with Crippen molar-refractivity contribution in [2.24, 2.45) is 0 Å². The molecule has 158 valence electrons. The Morgan fingerprint density at radius 3 is 2.90 bits per heavy atom. The molecule has 1 aromatic carbocycles. The van der Waals surface area contributed by atoms with Crippen molar-refractivity contribution in [1.82, 2.24) is 29.5 Å². The molecule has 1 aliphatic heterocycles. The van der Waals surface area contributed by atoms with Gasteiger partial charge in [-0.05, 0) is 37.5 Å². The number of aromatic nitrogens is 5. The predicted octanol–water partition coefficient (Wildman–Crippen LogP) is 3.70. The molecule has 0 radical (unpaired) electrons. The SMILES string of the molecule is CN(C)/C=C/C(=O)c1ccn2nnc(-c3ccc4cnn(C5CCCCO5)c4c3)c2c1. The van der Waals surface area contributed by atoms with Crippen LogP contribution in [0.4, 0.5) is 0 Å². The fourth-order valence-electron chi connectivity index (χ4n) is 3.89. The van der Waals surface area contributed by atoms with Gasteiger partial charge in [-0.2, -0.15) is 5.10 Å². The molecule has 1 fully saturated rings. The first-order valence-corrected chi connectivity index (χ1v) is 10.4. The quantitative estimate of drug-likeness (QED) is 0.365. The normalized spacial score (nSPS) is 17.0. The number of benzene rings is 1. The van der Waals surface area contributed by atoms with Crippen LogP contribution in [0.2, 0.25) is 0 Å². The maximum atomic E-state index is 12.5. The summed E-state index contributed by atoms with van der Waals surface area (Å²) in [5.41, 5.74) is 4.03. The molecular weight excluding hydrogens is 392 g/mol. The highest BCUT2D eigenvalue weighted by Gasteiger charge is 2.19. The minimum atomic E-state index is -0.0636. The Hall–Kier alpha value is -3.52. The second-order valence-corrected chi connectivity index (χ2v) is 8.01. The molecule has 4 aromatic rings. The molecule has 31 heavy (non-hydrogen) atoms. The molecule has 0 saturated carbocycles. The number of rotatable bonds is 5. The summed E-state index contributed by atoms with van der Waals surface area (Å²) in [6, 6.07) is 9.72. The molecule has 4 heterocycles. The van der Waals surface area contributed by atoms with E-state index in [1.165, 1.54) is 0 Å². The monoisotopic (exact) mass is 416 g/mol. The van der Waals surface area contributed by atoms with E-state index in [4.69, 9.17) is 4.74 Å². The Morgan fingerprint density at radius 1 is 1.19 bits per heavy atom. The lowest BCUT2D eigenvalue weighted by molar-refractivity contribution is -0.0366. The van der Waals surface area contributed by atoms with E-state index in [0.29, 0.717) is 5.56 Å². The van der Waals surface area contributed by atoms with Crippen LogP contribution in [0.1, 0.15) is 35.8 Å². The largest absolute Gasteiger partial charge is 0.383 e. The Balaban J connectivity index is 1.55. The van der Waals surface area contributed by atoms with E-state index >= 15 is 0 Å². The van der Waals surface area contributed by atoms with Gasteiger partial charge in [0.25, 0.3) is 0 Å². The molecule has 0 N–H and O–H groups in total. The van der Waals surface area contributed by atoms with Gasteiger partial charge in [0.1, 0.15) is 5.69 Å². The fraction of sp³-hybridized carbons (Fsp3) is 0.304. The van der Waals surface area contributed by atoms with Crippen molar-refractivity contribution >= 4 is 22.2 Å². The maximum Gasteiger partial charge on any atom is 0.187 e. The summed E-state index contributed by atoms with van der Waals surface area (Å²) in [6.07, 6.45) is 10.1. The van der Waals surface area contributed by atoms with Gasteiger partial charge in [-0.1, -0.05) is 17.3 Å². The third kappa shape index (κ3) is 3.70. The zero-order chi connectivity index (χ0) is 21.4. The molecule has 0 spiro atoms. The fourth-order valence-corrected chi connectivity index (χ4v) is 3.89. The third-order valence-electron chi connectivity index (χ3n) is 5.53. The van der Waals surface area contributed by atoms with Crippen LogP contribution < -0.4 is 0 Å². The van der Waals surface area contributed by atoms with Crippen LogP contribution >= 0.6 is 0 Å². The Bertz CT molecular complexity index is 1280. The van der Waals surface area contributed by atoms with Crippen molar-refractivity contribution in [1.29, 1.82) is 0 Å². The maximum absolute atomic E-state index is 12.5. The Kier molecular flexibility index (Phi) is 4.99. The average molecular weight is 416 g/mol. The summed E-state index contributed by atoms with van der Waals surface area (Å²) in [5.74, 6) is -0.0636. The average Bonchev–Trinajstić information content (AvgIpc) is 3.41. The number of allylic oxidation sites excluding steroid dienone is 1. The number of nitrogens with zero attached hydrogens (tertiary/aromatic N) is 6. The molecule has 8 nitrogen and oxygen atoms in total. The lowest BCUT2D eigenvalue weighted by Crippen LogP contribution is -2.18. The van der Waals surface area contributed by atoms with Gasteiger partial charge in [0.05, 0.1) is 17.2 Å². The summed E-state index contributed by atoms with van der Waals surface area (Å²) >= 11 is 0. The van der Waals surface area contributed by atoms with Crippen LogP contribution in [0.3, 0.4) is 0 Å². The minimum Gasteiger partial charge on any atom is -0.383 e. The van der Waals surface area contributed by atoms with Gasteiger partial charge >= 0.3 is 0 Å². The highest BCUT2D eigenvalue weighted by atomic mass is 16.5. The smallest absolute Gasteiger partial charge is 0.187 e. The van der Waals surface area contributed by atoms with Crippen molar-refractivity contribution in [3.63, 3.8) is 0 Å². The van der Waals surface area contributed by atoms with Gasteiger partial charge < -0.3 is 9.64 Å². The summed E-state index contributed by atoms with van der Waals surface area (Å²) in [6.45, 7) is 0.764. The van der Waals surface area contributed by atoms with E-state index in [1.54, 1.807) is 29.1 Å². The molecule has 3 aromatic heterocycles. The Labute approximate surface area is 179 Å². The van der Waals surface area contributed by atoms with Crippen LogP contribution in [0, 0.1) is 0 Å². The standard InChI is InChI=1S/C23H24N6O2/c1-27(2)10-9-21(30)16-8-11-28-20(13-16)23(25-26-28)17-6-7-18-15-24-29(19(18)14-17)22-5-3-4-12-31-22/h6-11,13-15,22H,3-5,12H2,1-2H3/b10-9+. The summed E-state index contributed by atoms with van der Waals surface area (Å²) in [5, 5.41) is 14.2. The van der Waals surface area contributed by atoms with Gasteiger partial charge in [-0.25, -0.2) is 9.20 Å². The van der Waals surface area contributed by atoms with Crippen molar-refractivity contribution in [3.8, 4) is 11.3 Å². The summed E-state index contributed by atoms with van der Waals surface area (Å²) in [4.78, 5) is 14.4. The molecule has 1 atom stereocenters. The molecule has 0 bridgehead atoms. The molecule has 1 aliphatic rings. The van der Waals surface area contributed by atoms with Crippen molar-refractivity contribution in [2.75, 3.05) is 20.7 Å². The van der Waals surface area contributed by atoms with Crippen molar-refractivity contribution < 1.29 is 9.53 Å². The second kappa shape index (κ2) is 7.96. The zero-order valence-corrected chi connectivity index (χ0v) is 17.6. The molecule has 1 unspecified atom stereocenters. The van der Waals surface area contributed by atoms with Gasteiger partial charge in [0, 0.05) is 55.7 Å². The van der Waals surface area contributed by atoms with Crippen molar-refractivity contribution in [3.05, 3.63) is 60.6 Å². The van der Waals surface area contributed by atoms with Gasteiger partial charge in [-0.3, -0.25) is 4.79 Å². The van der Waals surface area contributed by atoms with Crippen molar-refractivity contribution in [2.45, 2.75) is 25.5 Å². The lowest BCUT2D eigenvalue weighted by Gasteiger charge is -2.23. The van der Waals surface area contributed by atoms with E-state index in [1.807, 2.05) is 48.1 Å². The highest BCUT2D eigenvalue weighted by molar-refractivity contribution is 6.05. The second-order valence-electron chi connectivity index (χ2n) is 8.01. The zero-order valence-electron chi connectivity index (χ0n) is 17.6. The van der Waals surface area contributed by atoms with Crippen LogP contribution in [0.25, 0.3) is 27.7 Å². The highest BCUT2D eigenvalue weighted by Crippen LogP contribution is 2.30. The van der Waals surface area contributed by atoms with E-state index in [-0.39, 0.29) is 12.0 Å². The number of carbonyl (C=O) groups excluding carboxylic acids is 1. The molecule has 1 saturated heterocycles. The van der Waals surface area contributed by atoms with E-state index < -0.39 is 0 Å². The topological polar surface area (TPSA) is 77.5 Å². The number of ether oxygens (including phenoxy) is 1. The van der Waals surface area contributed by atoms with Gasteiger partial charge in [0.2, 0.25) is 0 Å². The number of fused-ring (bicyclic) bond motifs is 2. The third-order valence-corrected chi connectivity index (χ3v) is 5.53. The lowest BCUT2D eigenvalue weighted by atomic mass is 10.1. The number of hydrogen-bond acceptors (Lipinski definition) is 6. The van der Waals surface area contributed by atoms with Gasteiger partial charge in [0.15, 0.2) is 12.0 Å². The van der Waals surface area contributed by atoms with Gasteiger partial charge in [-0.15, -0.1) is 5.10 Å². The predicted molar refractivity (Wildman–Crippen MR) is 118 cm³/mol. The first-order valence-electron chi connectivity index (χ1n) is 10.4. The van der Waals surface area contributed by atoms with E-state index in [0.717, 1.165) is 53.5 Å². The number of pyridine rings is 1. The van der Waals surface area contributed by atoms with Crippen LogP contribution in [-0.4, -0.2) is 56.0 Å². The van der Waals surface area contributed by atoms with Crippen LogP contribution in [-0.2, 0) is 4.74 Å². The van der Waals surface area contributed by atoms with Crippen LogP contribution in [0.5, 0.6) is 0 Å². The molecule has 5 rings (SSSR count). The molecular formula is C23H24N6O2. The first-order chi connectivity index (χ1) is 15.1. The minimum absolute atomic E-state index is 0.0360.